The van der Waals surface area contributed by atoms with Crippen LogP contribution in [0.5, 0.6) is 0 Å². The van der Waals surface area contributed by atoms with Crippen LogP contribution in [0.2, 0.25) is 0 Å². The van der Waals surface area contributed by atoms with Gasteiger partial charge in [-0.05, 0) is 62.5 Å². The summed E-state index contributed by atoms with van der Waals surface area (Å²) in [4.78, 5) is 22.3. The van der Waals surface area contributed by atoms with Crippen molar-refractivity contribution in [1.82, 2.24) is 0 Å². The highest BCUT2D eigenvalue weighted by atomic mass is 19.1. The molecule has 0 spiro atoms. The van der Waals surface area contributed by atoms with Gasteiger partial charge in [-0.1, -0.05) is 51.7 Å². The van der Waals surface area contributed by atoms with E-state index < -0.39 is 12.6 Å². The van der Waals surface area contributed by atoms with Crippen molar-refractivity contribution in [3.05, 3.63) is 35.2 Å². The van der Waals surface area contributed by atoms with Crippen molar-refractivity contribution >= 4 is 12.4 Å². The molecule has 1 rings (SSSR count). The molecule has 0 amide bonds. The Bertz CT molecular complexity index is 653. The molecule has 0 aromatic carbocycles. The first kappa shape index (κ1) is 28.1. The van der Waals surface area contributed by atoms with E-state index in [1.807, 2.05) is 20.8 Å². The summed E-state index contributed by atoms with van der Waals surface area (Å²) in [6.45, 7) is 9.79. The molecule has 1 saturated carbocycles. The third-order valence-corrected chi connectivity index (χ3v) is 6.47. The van der Waals surface area contributed by atoms with Crippen molar-refractivity contribution in [3.63, 3.8) is 0 Å². The second-order valence-electron chi connectivity index (χ2n) is 8.97. The Labute approximate surface area is 192 Å². The van der Waals surface area contributed by atoms with Crippen molar-refractivity contribution in [1.29, 1.82) is 0 Å². The quantitative estimate of drug-likeness (QED) is 0.146. The number of rotatable bonds is 15. The van der Waals surface area contributed by atoms with Gasteiger partial charge in [-0.15, -0.1) is 0 Å². The normalized spacial score (nSPS) is 19.7. The van der Waals surface area contributed by atoms with Gasteiger partial charge >= 0.3 is 5.97 Å². The molecule has 1 fully saturated rings. The molecule has 1 atom stereocenters. The fourth-order valence-electron chi connectivity index (χ4n) is 4.36. The van der Waals surface area contributed by atoms with Gasteiger partial charge in [0.25, 0.3) is 6.47 Å². The third-order valence-electron chi connectivity index (χ3n) is 6.47. The maximum Gasteiger partial charge on any atom is 0.335 e. The zero-order chi connectivity index (χ0) is 23.9. The molecule has 0 radical (unpaired) electrons. The minimum atomic E-state index is -0.619. The molecule has 0 saturated heterocycles. The van der Waals surface area contributed by atoms with Crippen LogP contribution >= 0.6 is 0 Å². The van der Waals surface area contributed by atoms with Gasteiger partial charge in [0.15, 0.2) is 0 Å². The number of aliphatic hydroxyl groups excluding tert-OH is 1. The molecule has 1 aliphatic carbocycles. The van der Waals surface area contributed by atoms with E-state index in [9.17, 15) is 14.0 Å². The van der Waals surface area contributed by atoms with Gasteiger partial charge in [0.2, 0.25) is 0 Å². The third kappa shape index (κ3) is 10.6. The van der Waals surface area contributed by atoms with Crippen LogP contribution in [0.4, 0.5) is 4.39 Å². The summed E-state index contributed by atoms with van der Waals surface area (Å²) >= 11 is 0. The van der Waals surface area contributed by atoms with Gasteiger partial charge in [0, 0.05) is 5.92 Å². The van der Waals surface area contributed by atoms with E-state index in [-0.39, 0.29) is 30.5 Å². The summed E-state index contributed by atoms with van der Waals surface area (Å²) in [5, 5.41) is 8.97. The van der Waals surface area contributed by atoms with Crippen LogP contribution in [-0.4, -0.2) is 37.4 Å². The SMILES string of the molecule is C=C(CO)C(=O)OCC(COC=O)CC1CCC(CC/C(C)=C/C(F)=C(CC)CC)CC1. The lowest BCUT2D eigenvalue weighted by molar-refractivity contribution is -0.142. The number of allylic oxidation sites excluding steroid dienone is 4. The summed E-state index contributed by atoms with van der Waals surface area (Å²) in [5.41, 5.74) is 1.99. The Hall–Kier alpha value is -1.95. The number of hydrogen-bond acceptors (Lipinski definition) is 5. The summed E-state index contributed by atoms with van der Waals surface area (Å²) in [6, 6.07) is 0. The van der Waals surface area contributed by atoms with Crippen molar-refractivity contribution in [3.8, 4) is 0 Å². The molecular weight excluding hydrogens is 411 g/mol. The van der Waals surface area contributed by atoms with E-state index in [0.29, 0.717) is 18.3 Å². The summed E-state index contributed by atoms with van der Waals surface area (Å²) in [5.74, 6) is 0.396. The Morgan fingerprint density at radius 3 is 2.34 bits per heavy atom. The number of carbonyl (C=O) groups is 2. The molecule has 1 aliphatic rings. The second-order valence-corrected chi connectivity index (χ2v) is 8.97. The van der Waals surface area contributed by atoms with Gasteiger partial charge in [-0.25, -0.2) is 9.18 Å². The lowest BCUT2D eigenvalue weighted by Crippen LogP contribution is -2.24. The van der Waals surface area contributed by atoms with Gasteiger partial charge in [0.05, 0.1) is 25.4 Å². The number of aliphatic hydroxyl groups is 1. The maximum absolute atomic E-state index is 14.2. The standard InChI is InChI=1S/C26H41FO5/c1-5-24(6-2)25(27)13-19(3)7-8-21-9-11-22(12-10-21)14-23(16-31-18-29)17-32-26(30)20(4)15-28/h13,18,21-23,28H,4-12,14-17H2,1-3H3/b19-13+. The van der Waals surface area contributed by atoms with Crippen LogP contribution < -0.4 is 0 Å². The minimum Gasteiger partial charge on any atom is -0.467 e. The van der Waals surface area contributed by atoms with Gasteiger partial charge in [-0.3, -0.25) is 4.79 Å². The van der Waals surface area contributed by atoms with E-state index in [1.54, 1.807) is 6.08 Å². The molecule has 0 aliphatic heterocycles. The van der Waals surface area contributed by atoms with Crippen LogP contribution in [0.15, 0.2) is 35.2 Å². The second kappa shape index (κ2) is 15.8. The first-order chi connectivity index (χ1) is 15.3. The molecule has 0 bridgehead atoms. The van der Waals surface area contributed by atoms with Crippen molar-refractivity contribution < 1.29 is 28.6 Å². The van der Waals surface area contributed by atoms with Crippen LogP contribution in [0, 0.1) is 17.8 Å². The topological polar surface area (TPSA) is 72.8 Å². The highest BCUT2D eigenvalue weighted by Crippen LogP contribution is 2.35. The zero-order valence-electron chi connectivity index (χ0n) is 20.0. The fourth-order valence-corrected chi connectivity index (χ4v) is 4.36. The van der Waals surface area contributed by atoms with E-state index in [1.165, 1.54) is 0 Å². The molecule has 32 heavy (non-hydrogen) atoms. The first-order valence-corrected chi connectivity index (χ1v) is 11.9. The number of halogens is 1. The smallest absolute Gasteiger partial charge is 0.335 e. The Morgan fingerprint density at radius 1 is 1.16 bits per heavy atom. The summed E-state index contributed by atoms with van der Waals surface area (Å²) in [7, 11) is 0. The van der Waals surface area contributed by atoms with Gasteiger partial charge in [0.1, 0.15) is 5.83 Å². The first-order valence-electron chi connectivity index (χ1n) is 11.9. The van der Waals surface area contributed by atoms with Crippen molar-refractivity contribution in [2.45, 2.75) is 78.6 Å². The molecule has 1 unspecified atom stereocenters. The number of ether oxygens (including phenoxy) is 2. The molecule has 1 N–H and O–H groups in total. The van der Waals surface area contributed by atoms with Crippen LogP contribution in [0.1, 0.15) is 78.6 Å². The van der Waals surface area contributed by atoms with Crippen LogP contribution in [0.3, 0.4) is 0 Å². The lowest BCUT2D eigenvalue weighted by atomic mass is 9.76. The molecule has 0 heterocycles. The van der Waals surface area contributed by atoms with E-state index in [0.717, 1.165) is 68.9 Å². The number of hydrogen-bond donors (Lipinski definition) is 1. The van der Waals surface area contributed by atoms with E-state index in [2.05, 4.69) is 6.58 Å². The Kier molecular flexibility index (Phi) is 13.9. The van der Waals surface area contributed by atoms with Crippen molar-refractivity contribution in [2.75, 3.05) is 19.8 Å². The van der Waals surface area contributed by atoms with Crippen LogP contribution in [0.25, 0.3) is 0 Å². The van der Waals surface area contributed by atoms with E-state index in [4.69, 9.17) is 14.6 Å². The largest absolute Gasteiger partial charge is 0.467 e. The Morgan fingerprint density at radius 2 is 1.78 bits per heavy atom. The highest BCUT2D eigenvalue weighted by molar-refractivity contribution is 5.87. The van der Waals surface area contributed by atoms with Gasteiger partial charge in [-0.2, -0.15) is 0 Å². The highest BCUT2D eigenvalue weighted by Gasteiger charge is 2.25. The maximum atomic E-state index is 14.2. The number of esters is 1. The molecule has 5 nitrogen and oxygen atoms in total. The molecular formula is C26H41FO5. The monoisotopic (exact) mass is 452 g/mol. The van der Waals surface area contributed by atoms with Crippen LogP contribution in [-0.2, 0) is 19.1 Å². The Balaban J connectivity index is 2.46. The average Bonchev–Trinajstić information content (AvgIpc) is 2.80. The summed E-state index contributed by atoms with van der Waals surface area (Å²) < 4.78 is 24.4. The molecule has 0 aromatic rings. The van der Waals surface area contributed by atoms with Gasteiger partial charge < -0.3 is 14.6 Å². The zero-order valence-corrected chi connectivity index (χ0v) is 20.0. The lowest BCUT2D eigenvalue weighted by Gasteiger charge is -2.30. The fraction of sp³-hybridized carbons (Fsp3) is 0.692. The molecule has 0 aromatic heterocycles. The van der Waals surface area contributed by atoms with Crippen molar-refractivity contribution in [2.24, 2.45) is 17.8 Å². The van der Waals surface area contributed by atoms with E-state index >= 15 is 0 Å². The average molecular weight is 453 g/mol. The predicted octanol–water partition coefficient (Wildman–Crippen LogP) is 5.83. The minimum absolute atomic E-state index is 0.0147. The molecule has 182 valence electrons. The molecule has 6 heteroatoms. The summed E-state index contributed by atoms with van der Waals surface area (Å²) in [6.07, 6.45) is 10.5. The number of carbonyl (C=O) groups excluding carboxylic acids is 2. The predicted molar refractivity (Wildman–Crippen MR) is 124 cm³/mol.